The van der Waals surface area contributed by atoms with Gasteiger partial charge < -0.3 is 15.0 Å². The summed E-state index contributed by atoms with van der Waals surface area (Å²) in [7, 11) is -3.33. The van der Waals surface area contributed by atoms with Gasteiger partial charge in [-0.15, -0.1) is 0 Å². The summed E-state index contributed by atoms with van der Waals surface area (Å²) in [5, 5.41) is 3.21. The minimum absolute atomic E-state index is 0.0138. The fourth-order valence-electron chi connectivity index (χ4n) is 4.45. The van der Waals surface area contributed by atoms with Crippen molar-refractivity contribution < 1.29 is 39.9 Å². The van der Waals surface area contributed by atoms with E-state index < -0.39 is 40.1 Å². The van der Waals surface area contributed by atoms with Crippen LogP contribution < -0.4 is 10.2 Å². The molecule has 8 nitrogen and oxygen atoms in total. The zero-order valence-electron chi connectivity index (χ0n) is 22.5. The van der Waals surface area contributed by atoms with Crippen molar-refractivity contribution in [3.8, 4) is 0 Å². The number of rotatable bonds is 11. The average Bonchev–Trinajstić information content (AvgIpc) is 3.45. The maximum absolute atomic E-state index is 12.9. The van der Waals surface area contributed by atoms with Crippen LogP contribution in [0.2, 0.25) is 0 Å². The second kappa shape index (κ2) is 13.4. The maximum atomic E-state index is 12.9. The smallest absolute Gasteiger partial charge is 0.347 e. The number of anilines is 1. The highest BCUT2D eigenvalue weighted by molar-refractivity contribution is 7.91. The number of hydrogen-bond acceptors (Lipinski definition) is 8. The van der Waals surface area contributed by atoms with Gasteiger partial charge >= 0.3 is 12.8 Å². The maximum Gasteiger partial charge on any atom is 0.416 e. The van der Waals surface area contributed by atoms with Gasteiger partial charge in [-0.2, -0.15) is 22.0 Å². The number of carbonyl (C=O) groups excluding carboxylic acids is 1. The van der Waals surface area contributed by atoms with Gasteiger partial charge in [-0.1, -0.05) is 42.5 Å². The summed E-state index contributed by atoms with van der Waals surface area (Å²) in [6, 6.07) is 10.5. The standard InChI is InChI=1S/C27H29F5N4O4S2/c1-2-42(38,39)22-9-5-18(6-10-22)13-33-24(37)23-14-34-26(41-23)36-12-11-35(16-21(36)17-40-25(28)29)15-19-3-7-20(8-4-19)27(30,31)32/h3-10,14,21,25H,2,11-13,15-17H2,1H3,(H,33,37)/t21-/m0/s1. The Kier molecular flexibility index (Phi) is 10.2. The SMILES string of the molecule is CCS(=O)(=O)c1ccc(CNC(=O)c2cnc(N3CCN(Cc4ccc(C(F)(F)F)cc4)C[C@H]3COC(F)F)s2)cc1. The van der Waals surface area contributed by atoms with Crippen LogP contribution in [0.15, 0.2) is 59.6 Å². The van der Waals surface area contributed by atoms with Crippen LogP contribution in [0.1, 0.15) is 33.3 Å². The van der Waals surface area contributed by atoms with Gasteiger partial charge in [0.25, 0.3) is 5.91 Å². The zero-order valence-corrected chi connectivity index (χ0v) is 24.1. The van der Waals surface area contributed by atoms with Crippen molar-refractivity contribution >= 4 is 32.2 Å². The fraction of sp³-hybridized carbons (Fsp3) is 0.407. The van der Waals surface area contributed by atoms with Gasteiger partial charge in [-0.25, -0.2) is 13.4 Å². The normalized spacial score (nSPS) is 16.6. The van der Waals surface area contributed by atoms with E-state index in [0.717, 1.165) is 23.5 Å². The number of aromatic nitrogens is 1. The van der Waals surface area contributed by atoms with Crippen molar-refractivity contribution in [2.45, 2.75) is 43.7 Å². The molecule has 1 fully saturated rings. The van der Waals surface area contributed by atoms with E-state index in [9.17, 15) is 35.2 Å². The summed E-state index contributed by atoms with van der Waals surface area (Å²) in [4.78, 5) is 21.3. The van der Waals surface area contributed by atoms with Crippen LogP contribution in [0.3, 0.4) is 0 Å². The largest absolute Gasteiger partial charge is 0.416 e. The Morgan fingerprint density at radius 2 is 1.76 bits per heavy atom. The molecule has 3 aromatic rings. The van der Waals surface area contributed by atoms with Crippen molar-refractivity contribution in [3.63, 3.8) is 0 Å². The molecule has 1 aromatic heterocycles. The van der Waals surface area contributed by atoms with E-state index in [1.807, 2.05) is 4.90 Å². The van der Waals surface area contributed by atoms with Crippen LogP contribution in [-0.4, -0.2) is 68.9 Å². The molecule has 0 aliphatic carbocycles. The van der Waals surface area contributed by atoms with Crippen molar-refractivity contribution in [3.05, 3.63) is 76.3 Å². The summed E-state index contributed by atoms with van der Waals surface area (Å²) >= 11 is 1.09. The molecule has 15 heteroatoms. The molecular formula is C27H29F5N4O4S2. The van der Waals surface area contributed by atoms with Gasteiger partial charge in [-0.3, -0.25) is 9.69 Å². The first-order chi connectivity index (χ1) is 19.9. The summed E-state index contributed by atoms with van der Waals surface area (Å²) in [6.07, 6.45) is -3.04. The number of alkyl halides is 5. The molecule has 1 N–H and O–H groups in total. The molecule has 0 spiro atoms. The third kappa shape index (κ3) is 8.24. The highest BCUT2D eigenvalue weighted by atomic mass is 32.2. The molecule has 0 bridgehead atoms. The van der Waals surface area contributed by atoms with E-state index in [4.69, 9.17) is 0 Å². The molecular weight excluding hydrogens is 603 g/mol. The number of ether oxygens (including phenoxy) is 1. The minimum Gasteiger partial charge on any atom is -0.347 e. The van der Waals surface area contributed by atoms with Crippen LogP contribution in [-0.2, 0) is 33.8 Å². The van der Waals surface area contributed by atoms with E-state index in [1.165, 1.54) is 30.5 Å². The van der Waals surface area contributed by atoms with Crippen molar-refractivity contribution in [1.29, 1.82) is 0 Å². The molecule has 1 amide bonds. The molecule has 0 saturated carbocycles. The van der Waals surface area contributed by atoms with Crippen LogP contribution in [0.25, 0.3) is 0 Å². The number of nitrogens with one attached hydrogen (secondary N) is 1. The highest BCUT2D eigenvalue weighted by Crippen LogP contribution is 2.30. The first kappa shape index (κ1) is 31.8. The third-order valence-electron chi connectivity index (χ3n) is 6.75. The van der Waals surface area contributed by atoms with Crippen molar-refractivity contribution in [2.75, 3.05) is 36.9 Å². The molecule has 1 aliphatic rings. The third-order valence-corrected chi connectivity index (χ3v) is 9.53. The predicted molar refractivity (Wildman–Crippen MR) is 147 cm³/mol. The van der Waals surface area contributed by atoms with Crippen LogP contribution in [0, 0.1) is 0 Å². The van der Waals surface area contributed by atoms with E-state index in [-0.39, 0.29) is 23.8 Å². The summed E-state index contributed by atoms with van der Waals surface area (Å²) in [6.45, 7) is -0.100. The minimum atomic E-state index is -4.43. The molecule has 42 heavy (non-hydrogen) atoms. The first-order valence-corrected chi connectivity index (χ1v) is 15.4. The Morgan fingerprint density at radius 1 is 1.10 bits per heavy atom. The summed E-state index contributed by atoms with van der Waals surface area (Å²) in [5.74, 6) is -0.412. The Balaban J connectivity index is 1.38. The lowest BCUT2D eigenvalue weighted by Gasteiger charge is -2.41. The highest BCUT2D eigenvalue weighted by Gasteiger charge is 2.32. The quantitative estimate of drug-likeness (QED) is 0.304. The predicted octanol–water partition coefficient (Wildman–Crippen LogP) is 4.82. The monoisotopic (exact) mass is 632 g/mol. The van der Waals surface area contributed by atoms with E-state index in [2.05, 4.69) is 15.0 Å². The lowest BCUT2D eigenvalue weighted by molar-refractivity contribution is -0.137. The molecule has 2 aromatic carbocycles. The Hall–Kier alpha value is -3.14. The number of hydrogen-bond donors (Lipinski definition) is 1. The molecule has 1 saturated heterocycles. The molecule has 0 radical (unpaired) electrons. The first-order valence-electron chi connectivity index (χ1n) is 13.0. The lowest BCUT2D eigenvalue weighted by Crippen LogP contribution is -2.55. The lowest BCUT2D eigenvalue weighted by atomic mass is 10.1. The topological polar surface area (TPSA) is 91.8 Å². The number of sulfone groups is 1. The number of amides is 1. The zero-order chi connectivity index (χ0) is 30.5. The van der Waals surface area contributed by atoms with Crippen LogP contribution in [0.4, 0.5) is 27.1 Å². The molecule has 1 atom stereocenters. The Bertz CT molecular complexity index is 1450. The summed E-state index contributed by atoms with van der Waals surface area (Å²) < 4.78 is 93.0. The molecule has 2 heterocycles. The van der Waals surface area contributed by atoms with Gasteiger partial charge in [0.1, 0.15) is 4.88 Å². The van der Waals surface area contributed by atoms with Crippen LogP contribution >= 0.6 is 11.3 Å². The van der Waals surface area contributed by atoms with Crippen LogP contribution in [0.5, 0.6) is 0 Å². The van der Waals surface area contributed by atoms with E-state index >= 15 is 0 Å². The second-order valence-electron chi connectivity index (χ2n) is 9.61. The van der Waals surface area contributed by atoms with Gasteiger partial charge in [0, 0.05) is 32.7 Å². The van der Waals surface area contributed by atoms with Crippen molar-refractivity contribution in [1.82, 2.24) is 15.2 Å². The van der Waals surface area contributed by atoms with Gasteiger partial charge in [0.15, 0.2) is 15.0 Å². The average molecular weight is 633 g/mol. The molecule has 228 valence electrons. The molecule has 1 aliphatic heterocycles. The number of carbonyl (C=O) groups is 1. The van der Waals surface area contributed by atoms with E-state index in [0.29, 0.717) is 47.3 Å². The van der Waals surface area contributed by atoms with Gasteiger partial charge in [-0.05, 0) is 35.4 Å². The van der Waals surface area contributed by atoms with Crippen molar-refractivity contribution in [2.24, 2.45) is 0 Å². The van der Waals surface area contributed by atoms with Gasteiger partial charge in [0.2, 0.25) is 0 Å². The van der Waals surface area contributed by atoms with E-state index in [1.54, 1.807) is 24.0 Å². The second-order valence-corrected chi connectivity index (χ2v) is 12.9. The van der Waals surface area contributed by atoms with Gasteiger partial charge in [0.05, 0.1) is 35.1 Å². The Morgan fingerprint density at radius 3 is 2.38 bits per heavy atom. The molecule has 4 rings (SSSR count). The number of halogens is 5. The number of benzene rings is 2. The number of thiazole rings is 1. The molecule has 0 unspecified atom stereocenters. The number of nitrogens with zero attached hydrogens (tertiary/aromatic N) is 3. The summed E-state index contributed by atoms with van der Waals surface area (Å²) in [5.41, 5.74) is 0.611. The number of piperazine rings is 1. The fourth-order valence-corrected chi connectivity index (χ4v) is 6.27. The Labute approximate surface area is 244 Å².